The molecule has 1 aromatic carbocycles. The Kier molecular flexibility index (Phi) is 3.92. The lowest BCUT2D eigenvalue weighted by atomic mass is 10.4. The van der Waals surface area contributed by atoms with E-state index < -0.39 is 5.91 Å². The van der Waals surface area contributed by atoms with Gasteiger partial charge in [-0.15, -0.1) is 16.7 Å². The standard InChI is InChI=1S/C8H6ClNO2S/c9-6-2-1-3-7(4-6)13-5-8(11)10-12/h1-4H,5H2. The number of nitrogens with zero attached hydrogens (tertiary/aromatic N) is 1. The van der Waals surface area contributed by atoms with Gasteiger partial charge in [-0.1, -0.05) is 17.7 Å². The van der Waals surface area contributed by atoms with Crippen molar-refractivity contribution >= 4 is 29.3 Å². The highest BCUT2D eigenvalue weighted by atomic mass is 35.5. The van der Waals surface area contributed by atoms with Gasteiger partial charge < -0.3 is 0 Å². The first kappa shape index (κ1) is 10.2. The van der Waals surface area contributed by atoms with E-state index in [-0.39, 0.29) is 5.75 Å². The van der Waals surface area contributed by atoms with Crippen LogP contribution in [0.3, 0.4) is 0 Å². The highest BCUT2D eigenvalue weighted by Gasteiger charge is 2.02. The van der Waals surface area contributed by atoms with E-state index >= 15 is 0 Å². The Labute approximate surface area is 84.4 Å². The smallest absolute Gasteiger partial charge is 0.268 e. The molecule has 0 heterocycles. The van der Waals surface area contributed by atoms with Crippen molar-refractivity contribution in [2.24, 2.45) is 5.18 Å². The third-order valence-electron chi connectivity index (χ3n) is 1.26. The van der Waals surface area contributed by atoms with Gasteiger partial charge in [0.1, 0.15) is 0 Å². The molecule has 0 saturated carbocycles. The van der Waals surface area contributed by atoms with Crippen molar-refractivity contribution in [3.63, 3.8) is 0 Å². The lowest BCUT2D eigenvalue weighted by molar-refractivity contribution is -0.115. The number of hydrogen-bond acceptors (Lipinski definition) is 3. The largest absolute Gasteiger partial charge is 0.296 e. The number of halogens is 1. The predicted molar refractivity (Wildman–Crippen MR) is 53.0 cm³/mol. The van der Waals surface area contributed by atoms with Gasteiger partial charge in [0.05, 0.1) is 5.75 Å². The Hall–Kier alpha value is -0.870. The van der Waals surface area contributed by atoms with Crippen LogP contribution in [0.4, 0.5) is 0 Å². The van der Waals surface area contributed by atoms with E-state index in [0.29, 0.717) is 5.02 Å². The van der Waals surface area contributed by atoms with Crippen LogP contribution < -0.4 is 0 Å². The molecule has 0 atom stereocenters. The molecule has 0 N–H and O–H groups in total. The van der Waals surface area contributed by atoms with E-state index in [2.05, 4.69) is 5.18 Å². The maximum absolute atomic E-state index is 10.5. The molecule has 0 bridgehead atoms. The van der Waals surface area contributed by atoms with Crippen LogP contribution in [0.5, 0.6) is 0 Å². The Morgan fingerprint density at radius 3 is 2.92 bits per heavy atom. The highest BCUT2D eigenvalue weighted by molar-refractivity contribution is 8.00. The van der Waals surface area contributed by atoms with E-state index in [1.54, 1.807) is 18.2 Å². The fourth-order valence-corrected chi connectivity index (χ4v) is 1.71. The molecule has 0 aliphatic carbocycles. The second-order valence-electron chi connectivity index (χ2n) is 2.23. The average Bonchev–Trinajstić information content (AvgIpc) is 2.14. The van der Waals surface area contributed by atoms with E-state index in [1.165, 1.54) is 11.8 Å². The van der Waals surface area contributed by atoms with Crippen molar-refractivity contribution in [2.75, 3.05) is 5.75 Å². The van der Waals surface area contributed by atoms with E-state index in [4.69, 9.17) is 11.6 Å². The predicted octanol–water partition coefficient (Wildman–Crippen LogP) is 2.73. The van der Waals surface area contributed by atoms with Gasteiger partial charge in [0.25, 0.3) is 5.91 Å². The number of amides is 1. The molecule has 68 valence electrons. The van der Waals surface area contributed by atoms with Gasteiger partial charge in [-0.3, -0.25) is 4.79 Å². The summed E-state index contributed by atoms with van der Waals surface area (Å²) in [6.07, 6.45) is 0. The SMILES string of the molecule is O=NC(=O)CSc1cccc(Cl)c1. The third-order valence-corrected chi connectivity index (χ3v) is 2.47. The molecule has 0 spiro atoms. The molecule has 0 fully saturated rings. The summed E-state index contributed by atoms with van der Waals surface area (Å²) in [6.45, 7) is 0. The second kappa shape index (κ2) is 4.99. The zero-order chi connectivity index (χ0) is 9.68. The highest BCUT2D eigenvalue weighted by Crippen LogP contribution is 2.21. The van der Waals surface area contributed by atoms with Crippen LogP contribution in [0.25, 0.3) is 0 Å². The number of rotatable bonds is 3. The van der Waals surface area contributed by atoms with Crippen LogP contribution >= 0.6 is 23.4 Å². The van der Waals surface area contributed by atoms with Crippen molar-refractivity contribution in [1.82, 2.24) is 0 Å². The number of carbonyl (C=O) groups is 1. The molecule has 0 saturated heterocycles. The molecule has 1 rings (SSSR count). The molecule has 0 aliphatic rings. The van der Waals surface area contributed by atoms with E-state index in [9.17, 15) is 9.70 Å². The molecule has 1 amide bonds. The fourth-order valence-electron chi connectivity index (χ4n) is 0.728. The Morgan fingerprint density at radius 1 is 1.54 bits per heavy atom. The quantitative estimate of drug-likeness (QED) is 0.575. The van der Waals surface area contributed by atoms with Crippen molar-refractivity contribution in [3.8, 4) is 0 Å². The van der Waals surface area contributed by atoms with Gasteiger partial charge >= 0.3 is 0 Å². The van der Waals surface area contributed by atoms with E-state index in [0.717, 1.165) is 4.90 Å². The number of thioether (sulfide) groups is 1. The van der Waals surface area contributed by atoms with Crippen LogP contribution in [-0.4, -0.2) is 11.7 Å². The Balaban J connectivity index is 2.54. The first-order valence-corrected chi connectivity index (χ1v) is 4.83. The number of nitroso groups, excluding NO2 is 1. The topological polar surface area (TPSA) is 46.5 Å². The molecule has 1 aromatic rings. The number of benzene rings is 1. The Morgan fingerprint density at radius 2 is 2.31 bits per heavy atom. The van der Waals surface area contributed by atoms with Gasteiger partial charge in [-0.05, 0) is 18.2 Å². The number of carbonyl (C=O) groups excluding carboxylic acids is 1. The molecule has 0 radical (unpaired) electrons. The first-order valence-electron chi connectivity index (χ1n) is 3.47. The minimum Gasteiger partial charge on any atom is -0.268 e. The normalized spacial score (nSPS) is 9.62. The Bertz CT molecular complexity index is 330. The lowest BCUT2D eigenvalue weighted by Gasteiger charge is -1.97. The summed E-state index contributed by atoms with van der Waals surface area (Å²) >= 11 is 6.95. The summed E-state index contributed by atoms with van der Waals surface area (Å²) in [5.74, 6) is -0.603. The summed E-state index contributed by atoms with van der Waals surface area (Å²) in [6, 6.07) is 7.06. The maximum Gasteiger partial charge on any atom is 0.296 e. The summed E-state index contributed by atoms with van der Waals surface area (Å²) in [5, 5.41) is 2.89. The molecular weight excluding hydrogens is 210 g/mol. The molecular formula is C8H6ClNO2S. The molecule has 5 heteroatoms. The summed E-state index contributed by atoms with van der Waals surface area (Å²) in [5.41, 5.74) is 0. The molecule has 0 aromatic heterocycles. The van der Waals surface area contributed by atoms with Crippen molar-refractivity contribution in [2.45, 2.75) is 4.90 Å². The molecule has 3 nitrogen and oxygen atoms in total. The summed E-state index contributed by atoms with van der Waals surface area (Å²) in [7, 11) is 0. The average molecular weight is 216 g/mol. The molecule has 0 unspecified atom stereocenters. The van der Waals surface area contributed by atoms with E-state index in [1.807, 2.05) is 6.07 Å². The van der Waals surface area contributed by atoms with Crippen LogP contribution in [-0.2, 0) is 4.79 Å². The van der Waals surface area contributed by atoms with Crippen LogP contribution in [0.1, 0.15) is 0 Å². The summed E-state index contributed by atoms with van der Waals surface area (Å²) < 4.78 is 0. The van der Waals surface area contributed by atoms with Crippen molar-refractivity contribution < 1.29 is 4.79 Å². The van der Waals surface area contributed by atoms with Crippen molar-refractivity contribution in [1.29, 1.82) is 0 Å². The minimum absolute atomic E-state index is 0.0594. The molecule has 13 heavy (non-hydrogen) atoms. The fraction of sp³-hybridized carbons (Fsp3) is 0.125. The lowest BCUT2D eigenvalue weighted by Crippen LogP contribution is -1.94. The van der Waals surface area contributed by atoms with Gasteiger partial charge in [-0.25, -0.2) is 0 Å². The first-order chi connectivity index (χ1) is 6.22. The van der Waals surface area contributed by atoms with Gasteiger partial charge in [0, 0.05) is 15.1 Å². The maximum atomic E-state index is 10.5. The summed E-state index contributed by atoms with van der Waals surface area (Å²) in [4.78, 5) is 21.1. The van der Waals surface area contributed by atoms with Crippen LogP contribution in [0.15, 0.2) is 34.3 Å². The molecule has 0 aliphatic heterocycles. The zero-order valence-corrected chi connectivity index (χ0v) is 8.14. The number of hydrogen-bond donors (Lipinski definition) is 0. The second-order valence-corrected chi connectivity index (χ2v) is 3.72. The van der Waals surface area contributed by atoms with Crippen LogP contribution in [0.2, 0.25) is 5.02 Å². The van der Waals surface area contributed by atoms with Crippen LogP contribution in [0, 0.1) is 4.91 Å². The van der Waals surface area contributed by atoms with Gasteiger partial charge in [0.2, 0.25) is 0 Å². The van der Waals surface area contributed by atoms with Crippen molar-refractivity contribution in [3.05, 3.63) is 34.2 Å². The zero-order valence-electron chi connectivity index (χ0n) is 6.57. The third kappa shape index (κ3) is 3.57. The van der Waals surface area contributed by atoms with Gasteiger partial charge in [-0.2, -0.15) is 0 Å². The minimum atomic E-state index is -0.662. The monoisotopic (exact) mass is 215 g/mol. The van der Waals surface area contributed by atoms with Gasteiger partial charge in [0.15, 0.2) is 0 Å².